The summed E-state index contributed by atoms with van der Waals surface area (Å²) in [6, 6.07) is 0. The Morgan fingerprint density at radius 2 is 2.29 bits per heavy atom. The van der Waals surface area contributed by atoms with Crippen LogP contribution in [0.25, 0.3) is 0 Å². The molecule has 1 N–H and O–H groups in total. The minimum absolute atomic E-state index is 0.372. The number of anilines is 1. The van der Waals surface area contributed by atoms with Crippen LogP contribution in [0.3, 0.4) is 0 Å². The van der Waals surface area contributed by atoms with Gasteiger partial charge in [-0.1, -0.05) is 6.58 Å². The number of amides is 1. The van der Waals surface area contributed by atoms with Gasteiger partial charge < -0.3 is 5.32 Å². The number of halogens is 1. The van der Waals surface area contributed by atoms with Crippen LogP contribution in [0, 0.1) is 19.7 Å². The van der Waals surface area contributed by atoms with Crippen LogP contribution >= 0.6 is 0 Å². The summed E-state index contributed by atoms with van der Waals surface area (Å²) in [4.78, 5) is 14.8. The lowest BCUT2D eigenvalue weighted by Crippen LogP contribution is -2.11. The molecule has 0 saturated heterocycles. The molecule has 1 aromatic heterocycles. The van der Waals surface area contributed by atoms with E-state index in [0.29, 0.717) is 16.9 Å². The lowest BCUT2D eigenvalue weighted by molar-refractivity contribution is -0.111. The predicted molar refractivity (Wildman–Crippen MR) is 52.5 cm³/mol. The highest BCUT2D eigenvalue weighted by molar-refractivity contribution is 5.99. The van der Waals surface area contributed by atoms with Crippen molar-refractivity contribution in [3.05, 3.63) is 35.9 Å². The molecule has 74 valence electrons. The predicted octanol–water partition coefficient (Wildman–Crippen LogP) is 1.96. The number of pyridine rings is 1. The Kier molecular flexibility index (Phi) is 2.96. The van der Waals surface area contributed by atoms with Gasteiger partial charge in [0.25, 0.3) is 0 Å². The standard InChI is InChI=1S/C10H11FN2O/c1-4-9(14)13-10-6(2)8(11)5-12-7(10)3/h4-5H,1H2,2-3H3,(H,13,14). The topological polar surface area (TPSA) is 42.0 Å². The number of nitrogens with one attached hydrogen (secondary N) is 1. The minimum Gasteiger partial charge on any atom is -0.321 e. The van der Waals surface area contributed by atoms with Crippen molar-refractivity contribution in [3.8, 4) is 0 Å². The first kappa shape index (κ1) is 10.4. The van der Waals surface area contributed by atoms with Crippen LogP contribution in [0.1, 0.15) is 11.3 Å². The molecule has 1 amide bonds. The third-order valence-electron chi connectivity index (χ3n) is 1.90. The fourth-order valence-electron chi connectivity index (χ4n) is 1.06. The van der Waals surface area contributed by atoms with Gasteiger partial charge in [0.1, 0.15) is 5.82 Å². The molecular weight excluding hydrogens is 183 g/mol. The maximum atomic E-state index is 13.1. The summed E-state index contributed by atoms with van der Waals surface area (Å²) in [6.07, 6.45) is 2.26. The second kappa shape index (κ2) is 4.00. The largest absolute Gasteiger partial charge is 0.321 e. The lowest BCUT2D eigenvalue weighted by Gasteiger charge is -2.09. The fourth-order valence-corrected chi connectivity index (χ4v) is 1.06. The van der Waals surface area contributed by atoms with Crippen molar-refractivity contribution in [2.45, 2.75) is 13.8 Å². The Morgan fingerprint density at radius 1 is 1.64 bits per heavy atom. The molecule has 3 nitrogen and oxygen atoms in total. The van der Waals surface area contributed by atoms with Crippen LogP contribution in [-0.4, -0.2) is 10.9 Å². The minimum atomic E-state index is -0.435. The number of aromatic nitrogens is 1. The molecule has 14 heavy (non-hydrogen) atoms. The number of aryl methyl sites for hydroxylation is 1. The van der Waals surface area contributed by atoms with Crippen molar-refractivity contribution in [3.63, 3.8) is 0 Å². The van der Waals surface area contributed by atoms with Crippen molar-refractivity contribution in [2.24, 2.45) is 0 Å². The molecule has 0 spiro atoms. The molecule has 0 saturated carbocycles. The Morgan fingerprint density at radius 3 is 2.86 bits per heavy atom. The number of nitrogens with zero attached hydrogens (tertiary/aromatic N) is 1. The van der Waals surface area contributed by atoms with Crippen molar-refractivity contribution >= 4 is 11.6 Å². The quantitative estimate of drug-likeness (QED) is 0.731. The zero-order valence-electron chi connectivity index (χ0n) is 8.10. The Balaban J connectivity index is 3.12. The van der Waals surface area contributed by atoms with E-state index in [9.17, 15) is 9.18 Å². The first-order valence-electron chi connectivity index (χ1n) is 4.11. The normalized spacial score (nSPS) is 9.64. The Hall–Kier alpha value is -1.71. The molecule has 0 atom stereocenters. The molecule has 1 rings (SSSR count). The SMILES string of the molecule is C=CC(=O)Nc1c(C)ncc(F)c1C. The summed E-state index contributed by atoms with van der Waals surface area (Å²) >= 11 is 0. The molecule has 0 aliphatic heterocycles. The van der Waals surface area contributed by atoms with Crippen molar-refractivity contribution < 1.29 is 9.18 Å². The van der Waals surface area contributed by atoms with E-state index in [-0.39, 0.29) is 5.91 Å². The molecule has 0 aromatic carbocycles. The van der Waals surface area contributed by atoms with Crippen LogP contribution in [0.5, 0.6) is 0 Å². The summed E-state index contributed by atoms with van der Waals surface area (Å²) in [5.74, 6) is -0.807. The van der Waals surface area contributed by atoms with E-state index in [1.807, 2.05) is 0 Å². The second-order valence-corrected chi connectivity index (χ2v) is 2.88. The van der Waals surface area contributed by atoms with Gasteiger partial charge >= 0.3 is 0 Å². The Labute approximate surface area is 81.7 Å². The molecule has 0 bridgehead atoms. The third-order valence-corrected chi connectivity index (χ3v) is 1.90. The maximum absolute atomic E-state index is 13.1. The van der Waals surface area contributed by atoms with E-state index in [0.717, 1.165) is 12.3 Å². The van der Waals surface area contributed by atoms with E-state index >= 15 is 0 Å². The average molecular weight is 194 g/mol. The summed E-state index contributed by atoms with van der Waals surface area (Å²) in [7, 11) is 0. The monoisotopic (exact) mass is 194 g/mol. The van der Waals surface area contributed by atoms with Gasteiger partial charge in [0.05, 0.1) is 17.6 Å². The fraction of sp³-hybridized carbons (Fsp3) is 0.200. The van der Waals surface area contributed by atoms with E-state index in [2.05, 4.69) is 16.9 Å². The van der Waals surface area contributed by atoms with Crippen LogP contribution in [-0.2, 0) is 4.79 Å². The molecule has 4 heteroatoms. The summed E-state index contributed by atoms with van der Waals surface area (Å²) in [6.45, 7) is 6.60. The van der Waals surface area contributed by atoms with Gasteiger partial charge in [-0.3, -0.25) is 9.78 Å². The summed E-state index contributed by atoms with van der Waals surface area (Å²) in [5, 5.41) is 2.51. The molecule has 1 aromatic rings. The molecule has 0 aliphatic rings. The van der Waals surface area contributed by atoms with Gasteiger partial charge in [0.2, 0.25) is 5.91 Å². The second-order valence-electron chi connectivity index (χ2n) is 2.88. The van der Waals surface area contributed by atoms with Gasteiger partial charge in [-0.2, -0.15) is 0 Å². The van der Waals surface area contributed by atoms with Crippen molar-refractivity contribution in [1.29, 1.82) is 0 Å². The van der Waals surface area contributed by atoms with E-state index in [1.54, 1.807) is 13.8 Å². The molecule has 0 aliphatic carbocycles. The molecule has 0 unspecified atom stereocenters. The highest BCUT2D eigenvalue weighted by Gasteiger charge is 2.09. The van der Waals surface area contributed by atoms with Gasteiger partial charge in [-0.15, -0.1) is 0 Å². The first-order valence-corrected chi connectivity index (χ1v) is 4.11. The van der Waals surface area contributed by atoms with Crippen LogP contribution in [0.4, 0.5) is 10.1 Å². The zero-order chi connectivity index (χ0) is 10.7. The number of hydrogen-bond acceptors (Lipinski definition) is 2. The number of carbonyl (C=O) groups excluding carboxylic acids is 1. The van der Waals surface area contributed by atoms with Crippen molar-refractivity contribution in [1.82, 2.24) is 4.98 Å². The molecule has 0 fully saturated rings. The van der Waals surface area contributed by atoms with Gasteiger partial charge in [-0.25, -0.2) is 4.39 Å². The van der Waals surface area contributed by atoms with Gasteiger partial charge in [0, 0.05) is 5.56 Å². The molecule has 0 radical (unpaired) electrons. The van der Waals surface area contributed by atoms with E-state index in [4.69, 9.17) is 0 Å². The van der Waals surface area contributed by atoms with Gasteiger partial charge in [0.15, 0.2) is 0 Å². The van der Waals surface area contributed by atoms with Crippen LogP contribution in [0.2, 0.25) is 0 Å². The van der Waals surface area contributed by atoms with Crippen molar-refractivity contribution in [2.75, 3.05) is 5.32 Å². The maximum Gasteiger partial charge on any atom is 0.247 e. The number of rotatable bonds is 2. The molecule has 1 heterocycles. The number of carbonyl (C=O) groups is 1. The van der Waals surface area contributed by atoms with Crippen LogP contribution < -0.4 is 5.32 Å². The smallest absolute Gasteiger partial charge is 0.247 e. The zero-order valence-corrected chi connectivity index (χ0v) is 8.10. The van der Waals surface area contributed by atoms with Gasteiger partial charge in [-0.05, 0) is 19.9 Å². The lowest BCUT2D eigenvalue weighted by atomic mass is 10.2. The number of hydrogen-bond donors (Lipinski definition) is 1. The first-order chi connectivity index (χ1) is 6.56. The summed E-state index contributed by atoms with van der Waals surface area (Å²) in [5.41, 5.74) is 1.38. The summed E-state index contributed by atoms with van der Waals surface area (Å²) < 4.78 is 13.1. The Bertz CT molecular complexity index is 388. The van der Waals surface area contributed by atoms with E-state index in [1.165, 1.54) is 0 Å². The average Bonchev–Trinajstić information content (AvgIpc) is 2.18. The van der Waals surface area contributed by atoms with Crippen LogP contribution in [0.15, 0.2) is 18.9 Å². The van der Waals surface area contributed by atoms with E-state index < -0.39 is 5.82 Å². The highest BCUT2D eigenvalue weighted by Crippen LogP contribution is 2.20. The highest BCUT2D eigenvalue weighted by atomic mass is 19.1. The third kappa shape index (κ3) is 1.96. The molecular formula is C10H11FN2O.